The Kier molecular flexibility index (Phi) is 7.71. The number of nitrogens with zero attached hydrogens (tertiary/aromatic N) is 2. The highest BCUT2D eigenvalue weighted by Gasteiger charge is 2.10. The van der Waals surface area contributed by atoms with Crippen molar-refractivity contribution in [3.05, 3.63) is 33.9 Å². The Morgan fingerprint density at radius 2 is 2.05 bits per heavy atom. The highest BCUT2D eigenvalue weighted by molar-refractivity contribution is 5.43. The lowest BCUT2D eigenvalue weighted by Crippen LogP contribution is -2.27. The first-order valence-corrected chi connectivity index (χ1v) is 7.36. The minimum atomic E-state index is -0.386. The standard InChI is InChI=1S/C15H25N3O3/c1-4-17(5-2)10-6-9-16-12-13-11-14(18(19)20)7-8-15(13)21-3/h7-8,11,16H,4-6,9-10,12H2,1-3H3. The van der Waals surface area contributed by atoms with Crippen LogP contribution in [0, 0.1) is 10.1 Å². The van der Waals surface area contributed by atoms with Crippen molar-refractivity contribution in [1.82, 2.24) is 10.2 Å². The molecule has 0 aliphatic rings. The maximum Gasteiger partial charge on any atom is 0.270 e. The van der Waals surface area contributed by atoms with Crippen LogP contribution in [0.5, 0.6) is 5.75 Å². The third-order valence-electron chi connectivity index (χ3n) is 3.51. The van der Waals surface area contributed by atoms with Gasteiger partial charge in [0.05, 0.1) is 12.0 Å². The molecule has 1 N–H and O–H groups in total. The van der Waals surface area contributed by atoms with E-state index in [2.05, 4.69) is 24.1 Å². The molecule has 6 nitrogen and oxygen atoms in total. The Bertz CT molecular complexity index is 448. The Balaban J connectivity index is 2.47. The van der Waals surface area contributed by atoms with Gasteiger partial charge in [-0.1, -0.05) is 13.8 Å². The van der Waals surface area contributed by atoms with E-state index in [0.717, 1.165) is 38.2 Å². The minimum absolute atomic E-state index is 0.0933. The summed E-state index contributed by atoms with van der Waals surface area (Å²) in [7, 11) is 1.57. The number of nitro benzene ring substituents is 1. The van der Waals surface area contributed by atoms with Crippen LogP contribution in [0.3, 0.4) is 0 Å². The fourth-order valence-corrected chi connectivity index (χ4v) is 2.21. The van der Waals surface area contributed by atoms with E-state index in [4.69, 9.17) is 4.74 Å². The maximum absolute atomic E-state index is 10.8. The van der Waals surface area contributed by atoms with E-state index >= 15 is 0 Å². The lowest BCUT2D eigenvalue weighted by atomic mass is 10.1. The molecule has 0 aliphatic carbocycles. The smallest absolute Gasteiger partial charge is 0.270 e. The van der Waals surface area contributed by atoms with E-state index in [1.54, 1.807) is 19.2 Å². The van der Waals surface area contributed by atoms with Crippen LogP contribution < -0.4 is 10.1 Å². The van der Waals surface area contributed by atoms with Gasteiger partial charge in [-0.25, -0.2) is 0 Å². The fourth-order valence-electron chi connectivity index (χ4n) is 2.21. The van der Waals surface area contributed by atoms with E-state index in [1.807, 2.05) is 0 Å². The molecule has 0 aliphatic heterocycles. The molecular formula is C15H25N3O3. The van der Waals surface area contributed by atoms with Crippen molar-refractivity contribution in [2.75, 3.05) is 33.3 Å². The monoisotopic (exact) mass is 295 g/mol. The first kappa shape index (κ1) is 17.4. The summed E-state index contributed by atoms with van der Waals surface area (Å²) in [4.78, 5) is 12.8. The number of rotatable bonds is 10. The Morgan fingerprint density at radius 3 is 2.62 bits per heavy atom. The molecule has 0 fully saturated rings. The van der Waals surface area contributed by atoms with Crippen LogP contribution in [0.4, 0.5) is 5.69 Å². The Labute approximate surface area is 126 Å². The van der Waals surface area contributed by atoms with Gasteiger partial charge in [0.2, 0.25) is 0 Å². The summed E-state index contributed by atoms with van der Waals surface area (Å²) in [5.41, 5.74) is 0.908. The average molecular weight is 295 g/mol. The normalized spacial score (nSPS) is 10.9. The predicted molar refractivity (Wildman–Crippen MR) is 83.8 cm³/mol. The second-order valence-corrected chi connectivity index (χ2v) is 4.81. The van der Waals surface area contributed by atoms with E-state index in [-0.39, 0.29) is 10.6 Å². The molecule has 0 heterocycles. The molecular weight excluding hydrogens is 270 g/mol. The number of ether oxygens (including phenoxy) is 1. The van der Waals surface area contributed by atoms with E-state index in [9.17, 15) is 10.1 Å². The van der Waals surface area contributed by atoms with Crippen LogP contribution in [0.25, 0.3) is 0 Å². The molecule has 0 saturated carbocycles. The Morgan fingerprint density at radius 1 is 1.33 bits per heavy atom. The number of methoxy groups -OCH3 is 1. The summed E-state index contributed by atoms with van der Waals surface area (Å²) in [5, 5.41) is 14.1. The van der Waals surface area contributed by atoms with Crippen molar-refractivity contribution >= 4 is 5.69 Å². The van der Waals surface area contributed by atoms with Gasteiger partial charge in [0.25, 0.3) is 5.69 Å². The molecule has 21 heavy (non-hydrogen) atoms. The molecule has 0 unspecified atom stereocenters. The quantitative estimate of drug-likeness (QED) is 0.408. The largest absolute Gasteiger partial charge is 0.496 e. The SMILES string of the molecule is CCN(CC)CCCNCc1cc([N+](=O)[O-])ccc1OC. The third-order valence-corrected chi connectivity index (χ3v) is 3.51. The predicted octanol–water partition coefficient (Wildman–Crippen LogP) is 2.42. The molecule has 6 heteroatoms. The van der Waals surface area contributed by atoms with E-state index in [0.29, 0.717) is 12.3 Å². The van der Waals surface area contributed by atoms with Gasteiger partial charge in [-0.05, 0) is 38.7 Å². The summed E-state index contributed by atoms with van der Waals surface area (Å²) in [5.74, 6) is 0.678. The highest BCUT2D eigenvalue weighted by atomic mass is 16.6. The fraction of sp³-hybridized carbons (Fsp3) is 0.600. The molecule has 0 amide bonds. The number of hydrogen-bond donors (Lipinski definition) is 1. The molecule has 1 rings (SSSR count). The van der Waals surface area contributed by atoms with E-state index in [1.165, 1.54) is 6.07 Å². The second-order valence-electron chi connectivity index (χ2n) is 4.81. The molecule has 0 saturated heterocycles. The van der Waals surface area contributed by atoms with Crippen LogP contribution in [0.1, 0.15) is 25.8 Å². The third kappa shape index (κ3) is 5.69. The molecule has 0 bridgehead atoms. The molecule has 1 aromatic carbocycles. The Hall–Kier alpha value is -1.66. The molecule has 0 atom stereocenters. The number of nitrogens with one attached hydrogen (secondary N) is 1. The molecule has 118 valence electrons. The van der Waals surface area contributed by atoms with Crippen molar-refractivity contribution < 1.29 is 9.66 Å². The lowest BCUT2D eigenvalue weighted by molar-refractivity contribution is -0.384. The molecule has 1 aromatic rings. The maximum atomic E-state index is 10.8. The second kappa shape index (κ2) is 9.31. The van der Waals surface area contributed by atoms with Crippen molar-refractivity contribution in [2.45, 2.75) is 26.8 Å². The van der Waals surface area contributed by atoms with Gasteiger partial charge in [0, 0.05) is 24.2 Å². The summed E-state index contributed by atoms with van der Waals surface area (Å²) in [6.07, 6.45) is 1.05. The van der Waals surface area contributed by atoms with Gasteiger partial charge in [0.1, 0.15) is 5.75 Å². The van der Waals surface area contributed by atoms with E-state index < -0.39 is 0 Å². The van der Waals surface area contributed by atoms with Crippen molar-refractivity contribution in [3.8, 4) is 5.75 Å². The van der Waals surface area contributed by atoms with Crippen molar-refractivity contribution in [1.29, 1.82) is 0 Å². The van der Waals surface area contributed by atoms with Crippen molar-refractivity contribution in [3.63, 3.8) is 0 Å². The summed E-state index contributed by atoms with van der Waals surface area (Å²) >= 11 is 0. The van der Waals surface area contributed by atoms with Crippen LogP contribution in [0.2, 0.25) is 0 Å². The van der Waals surface area contributed by atoms with Gasteiger partial charge in [-0.15, -0.1) is 0 Å². The van der Waals surface area contributed by atoms with Gasteiger partial charge in [-0.3, -0.25) is 10.1 Å². The zero-order valence-electron chi connectivity index (χ0n) is 13.1. The molecule has 0 aromatic heterocycles. The van der Waals surface area contributed by atoms with Gasteiger partial charge in [0.15, 0.2) is 0 Å². The minimum Gasteiger partial charge on any atom is -0.496 e. The summed E-state index contributed by atoms with van der Waals surface area (Å²) in [6.45, 7) is 8.96. The van der Waals surface area contributed by atoms with Crippen LogP contribution in [-0.4, -0.2) is 43.1 Å². The molecule has 0 spiro atoms. The molecule has 0 radical (unpaired) electrons. The van der Waals surface area contributed by atoms with Gasteiger partial charge in [-0.2, -0.15) is 0 Å². The summed E-state index contributed by atoms with van der Waals surface area (Å²) in [6, 6.07) is 4.67. The van der Waals surface area contributed by atoms with Crippen LogP contribution in [0.15, 0.2) is 18.2 Å². The first-order chi connectivity index (χ1) is 10.1. The number of benzene rings is 1. The zero-order valence-corrected chi connectivity index (χ0v) is 13.1. The number of nitro groups is 1. The van der Waals surface area contributed by atoms with Crippen LogP contribution in [-0.2, 0) is 6.54 Å². The summed E-state index contributed by atoms with van der Waals surface area (Å²) < 4.78 is 5.24. The highest BCUT2D eigenvalue weighted by Crippen LogP contribution is 2.23. The zero-order chi connectivity index (χ0) is 15.7. The van der Waals surface area contributed by atoms with Gasteiger partial charge >= 0.3 is 0 Å². The van der Waals surface area contributed by atoms with Crippen LogP contribution >= 0.6 is 0 Å². The lowest BCUT2D eigenvalue weighted by Gasteiger charge is -2.17. The number of non-ortho nitro benzene ring substituents is 1. The van der Waals surface area contributed by atoms with Crippen molar-refractivity contribution in [2.24, 2.45) is 0 Å². The average Bonchev–Trinajstić information content (AvgIpc) is 2.50. The first-order valence-electron chi connectivity index (χ1n) is 7.36. The topological polar surface area (TPSA) is 67.6 Å². The van der Waals surface area contributed by atoms with Gasteiger partial charge < -0.3 is 15.0 Å². The number of hydrogen-bond acceptors (Lipinski definition) is 5.